The Morgan fingerprint density at radius 2 is 2.11 bits per heavy atom. The summed E-state index contributed by atoms with van der Waals surface area (Å²) in [5.74, 6) is 5.91. The lowest BCUT2D eigenvalue weighted by atomic mass is 10.2. The highest BCUT2D eigenvalue weighted by molar-refractivity contribution is 5.28. The van der Waals surface area contributed by atoms with Crippen LogP contribution in [0.2, 0.25) is 0 Å². The van der Waals surface area contributed by atoms with Gasteiger partial charge < -0.3 is 5.43 Å². The molecule has 2 aliphatic heterocycles. The van der Waals surface area contributed by atoms with Crippen molar-refractivity contribution in [2.75, 3.05) is 31.6 Å². The van der Waals surface area contributed by atoms with Gasteiger partial charge in [-0.2, -0.15) is 0 Å². The largest absolute Gasteiger partial charge is 0.307 e. The fourth-order valence-corrected chi connectivity index (χ4v) is 3.17. The second kappa shape index (κ2) is 5.81. The van der Waals surface area contributed by atoms with Gasteiger partial charge in [-0.3, -0.25) is 14.8 Å². The summed E-state index contributed by atoms with van der Waals surface area (Å²) < 4.78 is 0. The van der Waals surface area contributed by atoms with Crippen molar-refractivity contribution in [1.29, 1.82) is 0 Å². The fraction of sp³-hybridized carbons (Fsp3) is 0.692. The van der Waals surface area contributed by atoms with Crippen LogP contribution in [0.4, 0.5) is 5.82 Å². The molecule has 2 saturated heterocycles. The van der Waals surface area contributed by atoms with Crippen LogP contribution in [0.5, 0.6) is 0 Å². The molecule has 0 radical (unpaired) electrons. The number of hydrazine groups is 1. The van der Waals surface area contributed by atoms with Crippen molar-refractivity contribution in [3.8, 4) is 0 Å². The van der Waals surface area contributed by atoms with Gasteiger partial charge in [0.25, 0.3) is 0 Å². The molecule has 0 amide bonds. The van der Waals surface area contributed by atoms with Crippen molar-refractivity contribution < 1.29 is 0 Å². The molecule has 2 fully saturated rings. The van der Waals surface area contributed by atoms with Crippen LogP contribution in [0.1, 0.15) is 25.0 Å². The van der Waals surface area contributed by atoms with Gasteiger partial charge >= 0.3 is 0 Å². The van der Waals surface area contributed by atoms with E-state index in [-0.39, 0.29) is 0 Å². The third kappa shape index (κ3) is 3.02. The molecule has 0 aliphatic carbocycles. The minimum atomic E-state index is 0.613. The quantitative estimate of drug-likeness (QED) is 0.608. The zero-order valence-corrected chi connectivity index (χ0v) is 11.3. The second-order valence-corrected chi connectivity index (χ2v) is 5.46. The molecular weight excluding hydrogens is 240 g/mol. The number of nitrogens with two attached hydrogens (primary N) is 1. The van der Waals surface area contributed by atoms with Gasteiger partial charge in [0.15, 0.2) is 5.82 Å². The zero-order valence-electron chi connectivity index (χ0n) is 11.3. The number of hydrogen-bond acceptors (Lipinski definition) is 6. The highest BCUT2D eigenvalue weighted by Gasteiger charge is 2.28. The maximum atomic E-state index is 5.29. The molecule has 3 rings (SSSR count). The molecule has 104 valence electrons. The van der Waals surface area contributed by atoms with E-state index >= 15 is 0 Å². The van der Waals surface area contributed by atoms with E-state index in [9.17, 15) is 0 Å². The van der Waals surface area contributed by atoms with E-state index < -0.39 is 0 Å². The fourth-order valence-electron chi connectivity index (χ4n) is 3.17. The van der Waals surface area contributed by atoms with Gasteiger partial charge in [-0.1, -0.05) is 0 Å². The Labute approximate surface area is 114 Å². The normalized spacial score (nSPS) is 25.0. The van der Waals surface area contributed by atoms with Crippen molar-refractivity contribution in [2.45, 2.75) is 31.8 Å². The zero-order chi connectivity index (χ0) is 13.1. The Morgan fingerprint density at radius 1 is 1.21 bits per heavy atom. The molecule has 3 N–H and O–H groups in total. The van der Waals surface area contributed by atoms with Crippen LogP contribution in [-0.4, -0.2) is 52.0 Å². The summed E-state index contributed by atoms with van der Waals surface area (Å²) in [6, 6.07) is 0.750. The van der Waals surface area contributed by atoms with E-state index in [1.54, 1.807) is 6.20 Å². The van der Waals surface area contributed by atoms with E-state index in [1.165, 1.54) is 38.9 Å². The summed E-state index contributed by atoms with van der Waals surface area (Å²) in [6.07, 6.45) is 7.46. The standard InChI is InChI=1S/C13H22N6/c14-17-13-8-15-11(7-16-13)9-18-4-2-6-19-5-1-3-12(19)10-18/h7-8,12H,1-6,9-10,14H2,(H,16,17). The summed E-state index contributed by atoms with van der Waals surface area (Å²) in [7, 11) is 0. The molecule has 19 heavy (non-hydrogen) atoms. The first-order valence-corrected chi connectivity index (χ1v) is 7.09. The lowest BCUT2D eigenvalue weighted by Gasteiger charge is -2.25. The molecule has 0 bridgehead atoms. The van der Waals surface area contributed by atoms with Crippen molar-refractivity contribution >= 4 is 5.82 Å². The third-order valence-corrected chi connectivity index (χ3v) is 4.13. The molecule has 0 aromatic carbocycles. The van der Waals surface area contributed by atoms with E-state index in [0.29, 0.717) is 5.82 Å². The predicted octanol–water partition coefficient (Wildman–Crippen LogP) is 0.432. The molecule has 2 aliphatic rings. The maximum Gasteiger partial charge on any atom is 0.158 e. The molecule has 1 aromatic heterocycles. The number of aromatic nitrogens is 2. The van der Waals surface area contributed by atoms with Crippen molar-refractivity contribution in [3.05, 3.63) is 18.1 Å². The Morgan fingerprint density at radius 3 is 2.89 bits per heavy atom. The van der Waals surface area contributed by atoms with Gasteiger partial charge in [-0.25, -0.2) is 10.8 Å². The Balaban J connectivity index is 1.61. The predicted molar refractivity (Wildman–Crippen MR) is 74.3 cm³/mol. The van der Waals surface area contributed by atoms with E-state index in [2.05, 4.69) is 25.2 Å². The maximum absolute atomic E-state index is 5.29. The highest BCUT2D eigenvalue weighted by atomic mass is 15.3. The first kappa shape index (κ1) is 12.8. The van der Waals surface area contributed by atoms with Crippen LogP contribution in [0.3, 0.4) is 0 Å². The number of fused-ring (bicyclic) bond motifs is 1. The van der Waals surface area contributed by atoms with Gasteiger partial charge in [0, 0.05) is 19.1 Å². The number of hydrogen-bond donors (Lipinski definition) is 2. The van der Waals surface area contributed by atoms with Crippen molar-refractivity contribution in [3.63, 3.8) is 0 Å². The van der Waals surface area contributed by atoms with Crippen LogP contribution in [0, 0.1) is 0 Å². The smallest absolute Gasteiger partial charge is 0.158 e. The monoisotopic (exact) mass is 262 g/mol. The molecule has 1 atom stereocenters. The summed E-state index contributed by atoms with van der Waals surface area (Å²) in [5.41, 5.74) is 3.52. The molecule has 1 aromatic rings. The summed E-state index contributed by atoms with van der Waals surface area (Å²) >= 11 is 0. The first-order chi connectivity index (χ1) is 9.35. The van der Waals surface area contributed by atoms with Gasteiger partial charge in [0.2, 0.25) is 0 Å². The molecule has 0 saturated carbocycles. The molecule has 1 unspecified atom stereocenters. The Kier molecular flexibility index (Phi) is 3.91. The summed E-state index contributed by atoms with van der Waals surface area (Å²) in [6.45, 7) is 5.75. The topological polar surface area (TPSA) is 70.3 Å². The SMILES string of the molecule is NNc1cnc(CN2CCCN3CCCC3C2)cn1. The van der Waals surface area contributed by atoms with Gasteiger partial charge in [0.1, 0.15) is 0 Å². The number of nitrogens with one attached hydrogen (secondary N) is 1. The van der Waals surface area contributed by atoms with Crippen LogP contribution in [0.25, 0.3) is 0 Å². The van der Waals surface area contributed by atoms with Gasteiger partial charge in [0.05, 0.1) is 18.1 Å². The Hall–Kier alpha value is -1.24. The molecular formula is C13H22N6. The molecule has 0 spiro atoms. The van der Waals surface area contributed by atoms with Crippen LogP contribution in [-0.2, 0) is 6.54 Å². The van der Waals surface area contributed by atoms with Gasteiger partial charge in [-0.05, 0) is 38.9 Å². The van der Waals surface area contributed by atoms with Crippen LogP contribution < -0.4 is 11.3 Å². The minimum Gasteiger partial charge on any atom is -0.307 e. The van der Waals surface area contributed by atoms with Crippen LogP contribution in [0.15, 0.2) is 12.4 Å². The van der Waals surface area contributed by atoms with E-state index in [1.807, 2.05) is 6.20 Å². The summed E-state index contributed by atoms with van der Waals surface area (Å²) in [4.78, 5) is 13.8. The first-order valence-electron chi connectivity index (χ1n) is 7.09. The van der Waals surface area contributed by atoms with Crippen molar-refractivity contribution in [1.82, 2.24) is 19.8 Å². The van der Waals surface area contributed by atoms with Crippen LogP contribution >= 0.6 is 0 Å². The van der Waals surface area contributed by atoms with E-state index in [4.69, 9.17) is 5.84 Å². The Bertz CT molecular complexity index is 406. The lowest BCUT2D eigenvalue weighted by Crippen LogP contribution is -2.36. The highest BCUT2D eigenvalue weighted by Crippen LogP contribution is 2.21. The van der Waals surface area contributed by atoms with E-state index in [0.717, 1.165) is 24.8 Å². The average molecular weight is 262 g/mol. The third-order valence-electron chi connectivity index (χ3n) is 4.13. The minimum absolute atomic E-state index is 0.613. The average Bonchev–Trinajstić information content (AvgIpc) is 2.79. The molecule has 6 heteroatoms. The van der Waals surface area contributed by atoms with Gasteiger partial charge in [-0.15, -0.1) is 0 Å². The number of nitrogen functional groups attached to an aromatic ring is 1. The summed E-state index contributed by atoms with van der Waals surface area (Å²) in [5, 5.41) is 0. The number of rotatable bonds is 3. The number of anilines is 1. The molecule has 3 heterocycles. The molecule has 6 nitrogen and oxygen atoms in total. The number of nitrogens with zero attached hydrogens (tertiary/aromatic N) is 4. The van der Waals surface area contributed by atoms with Crippen molar-refractivity contribution in [2.24, 2.45) is 5.84 Å². The second-order valence-electron chi connectivity index (χ2n) is 5.46. The lowest BCUT2D eigenvalue weighted by molar-refractivity contribution is 0.214.